The van der Waals surface area contributed by atoms with Gasteiger partial charge in [0, 0.05) is 30.1 Å². The summed E-state index contributed by atoms with van der Waals surface area (Å²) in [4.78, 5) is 18.1. The molecule has 2 heterocycles. The Labute approximate surface area is 163 Å². The second-order valence-electron chi connectivity index (χ2n) is 6.64. The van der Waals surface area contributed by atoms with Crippen LogP contribution in [0.15, 0.2) is 53.1 Å². The third-order valence-electron chi connectivity index (χ3n) is 4.75. The molecule has 1 aromatic heterocycles. The monoisotopic (exact) mass is 403 g/mol. The number of hydrogen-bond acceptors (Lipinski definition) is 5. The molecule has 29 heavy (non-hydrogen) atoms. The molecule has 9 heteroatoms. The second-order valence-corrected chi connectivity index (χ2v) is 6.64. The molecule has 4 rings (SSSR count). The summed E-state index contributed by atoms with van der Waals surface area (Å²) in [6.07, 6.45) is -4.38. The first-order valence-corrected chi connectivity index (χ1v) is 8.81. The first-order valence-electron chi connectivity index (χ1n) is 8.81. The molecule has 0 saturated carbocycles. The van der Waals surface area contributed by atoms with Gasteiger partial charge >= 0.3 is 6.18 Å². The molecular formula is C20H16F3N3O3. The van der Waals surface area contributed by atoms with E-state index >= 15 is 0 Å². The summed E-state index contributed by atoms with van der Waals surface area (Å²) in [5, 5.41) is 3.96. The number of rotatable bonds is 4. The van der Waals surface area contributed by atoms with Gasteiger partial charge in [-0.05, 0) is 42.5 Å². The van der Waals surface area contributed by atoms with E-state index in [1.54, 1.807) is 31.4 Å². The van der Waals surface area contributed by atoms with Crippen molar-refractivity contribution in [1.82, 2.24) is 10.1 Å². The van der Waals surface area contributed by atoms with Crippen LogP contribution in [0.5, 0.6) is 5.75 Å². The number of ether oxygens (including phenoxy) is 1. The third kappa shape index (κ3) is 3.80. The maximum atomic E-state index is 13.0. The smallest absolute Gasteiger partial charge is 0.416 e. The number of methoxy groups -OCH3 is 1. The van der Waals surface area contributed by atoms with Crippen molar-refractivity contribution in [2.75, 3.05) is 18.6 Å². The Bertz CT molecular complexity index is 1030. The minimum atomic E-state index is -4.47. The third-order valence-corrected chi connectivity index (χ3v) is 4.75. The molecule has 3 aromatic rings. The predicted molar refractivity (Wildman–Crippen MR) is 97.4 cm³/mol. The summed E-state index contributed by atoms with van der Waals surface area (Å²) < 4.78 is 49.3. The van der Waals surface area contributed by atoms with E-state index in [4.69, 9.17) is 9.26 Å². The fourth-order valence-corrected chi connectivity index (χ4v) is 3.23. The van der Waals surface area contributed by atoms with Gasteiger partial charge < -0.3 is 14.2 Å². The van der Waals surface area contributed by atoms with Crippen LogP contribution in [-0.4, -0.2) is 29.7 Å². The van der Waals surface area contributed by atoms with Crippen LogP contribution in [0, 0.1) is 0 Å². The Morgan fingerprint density at radius 1 is 1.17 bits per heavy atom. The molecule has 0 spiro atoms. The van der Waals surface area contributed by atoms with E-state index < -0.39 is 11.7 Å². The molecular weight excluding hydrogens is 387 g/mol. The number of benzene rings is 2. The zero-order chi connectivity index (χ0) is 20.6. The lowest BCUT2D eigenvalue weighted by Crippen LogP contribution is -2.24. The summed E-state index contributed by atoms with van der Waals surface area (Å²) >= 11 is 0. The Kier molecular flexibility index (Phi) is 4.73. The molecule has 0 aliphatic carbocycles. The number of carbonyl (C=O) groups is 1. The SMILES string of the molecule is COc1ccc(-c2nc(C3CC(=O)N(c4cccc(C(F)(F)F)c4)C3)no2)cc1. The van der Waals surface area contributed by atoms with E-state index in [0.29, 0.717) is 23.0 Å². The quantitative estimate of drug-likeness (QED) is 0.650. The number of hydrogen-bond donors (Lipinski definition) is 0. The zero-order valence-electron chi connectivity index (χ0n) is 15.3. The van der Waals surface area contributed by atoms with Crippen LogP contribution in [0.1, 0.15) is 23.7 Å². The van der Waals surface area contributed by atoms with Gasteiger partial charge in [0.25, 0.3) is 5.89 Å². The van der Waals surface area contributed by atoms with Gasteiger partial charge in [0.2, 0.25) is 5.91 Å². The molecule has 1 atom stereocenters. The van der Waals surface area contributed by atoms with Crippen LogP contribution in [0.25, 0.3) is 11.5 Å². The molecule has 6 nitrogen and oxygen atoms in total. The predicted octanol–water partition coefficient (Wildman–Crippen LogP) is 4.28. The summed E-state index contributed by atoms with van der Waals surface area (Å²) in [5.41, 5.74) is 0.0995. The maximum absolute atomic E-state index is 13.0. The topological polar surface area (TPSA) is 68.5 Å². The van der Waals surface area contributed by atoms with Crippen molar-refractivity contribution in [1.29, 1.82) is 0 Å². The fourth-order valence-electron chi connectivity index (χ4n) is 3.23. The first-order chi connectivity index (χ1) is 13.8. The van der Waals surface area contributed by atoms with E-state index in [0.717, 1.165) is 12.1 Å². The van der Waals surface area contributed by atoms with Crippen LogP contribution in [-0.2, 0) is 11.0 Å². The van der Waals surface area contributed by atoms with E-state index in [2.05, 4.69) is 10.1 Å². The van der Waals surface area contributed by atoms with E-state index in [9.17, 15) is 18.0 Å². The van der Waals surface area contributed by atoms with Crippen LogP contribution >= 0.6 is 0 Å². The lowest BCUT2D eigenvalue weighted by Gasteiger charge is -2.18. The van der Waals surface area contributed by atoms with E-state index in [-0.39, 0.29) is 30.5 Å². The molecule has 1 saturated heterocycles. The first kappa shape index (κ1) is 19.0. The van der Waals surface area contributed by atoms with Crippen molar-refractivity contribution >= 4 is 11.6 Å². The van der Waals surface area contributed by atoms with Crippen molar-refractivity contribution in [3.63, 3.8) is 0 Å². The highest BCUT2D eigenvalue weighted by molar-refractivity contribution is 5.96. The van der Waals surface area contributed by atoms with Crippen LogP contribution in [0.2, 0.25) is 0 Å². The number of halogens is 3. The maximum Gasteiger partial charge on any atom is 0.416 e. The summed E-state index contributed by atoms with van der Waals surface area (Å²) in [6.45, 7) is 0.182. The highest BCUT2D eigenvalue weighted by Gasteiger charge is 2.36. The molecule has 1 aliphatic heterocycles. The average Bonchev–Trinajstić information content (AvgIpc) is 3.34. The Morgan fingerprint density at radius 2 is 1.93 bits per heavy atom. The zero-order valence-corrected chi connectivity index (χ0v) is 15.3. The van der Waals surface area contributed by atoms with Crippen molar-refractivity contribution in [3.8, 4) is 17.2 Å². The van der Waals surface area contributed by atoms with Crippen molar-refractivity contribution in [2.24, 2.45) is 0 Å². The average molecular weight is 403 g/mol. The second kappa shape index (κ2) is 7.23. The van der Waals surface area contributed by atoms with Crippen molar-refractivity contribution in [3.05, 3.63) is 59.9 Å². The molecule has 1 fully saturated rings. The van der Waals surface area contributed by atoms with Gasteiger partial charge in [-0.2, -0.15) is 18.2 Å². The van der Waals surface area contributed by atoms with Gasteiger partial charge in [-0.15, -0.1) is 0 Å². The molecule has 0 bridgehead atoms. The van der Waals surface area contributed by atoms with Gasteiger partial charge in [-0.1, -0.05) is 11.2 Å². The normalized spacial score (nSPS) is 17.0. The number of nitrogens with zero attached hydrogens (tertiary/aromatic N) is 3. The number of anilines is 1. The fraction of sp³-hybridized carbons (Fsp3) is 0.250. The summed E-state index contributed by atoms with van der Waals surface area (Å²) in [7, 11) is 1.56. The summed E-state index contributed by atoms with van der Waals surface area (Å²) in [5.74, 6) is 0.677. The number of alkyl halides is 3. The highest BCUT2D eigenvalue weighted by Crippen LogP contribution is 2.35. The van der Waals surface area contributed by atoms with Gasteiger partial charge in [0.15, 0.2) is 5.82 Å². The Morgan fingerprint density at radius 3 is 2.62 bits per heavy atom. The van der Waals surface area contributed by atoms with Crippen molar-refractivity contribution < 1.29 is 27.2 Å². The molecule has 1 aliphatic rings. The minimum Gasteiger partial charge on any atom is -0.497 e. The van der Waals surface area contributed by atoms with Gasteiger partial charge in [0.05, 0.1) is 12.7 Å². The van der Waals surface area contributed by atoms with Gasteiger partial charge in [0.1, 0.15) is 5.75 Å². The highest BCUT2D eigenvalue weighted by atomic mass is 19.4. The molecule has 1 amide bonds. The number of carbonyl (C=O) groups excluding carboxylic acids is 1. The molecule has 1 unspecified atom stereocenters. The van der Waals surface area contributed by atoms with Gasteiger partial charge in [-0.25, -0.2) is 0 Å². The van der Waals surface area contributed by atoms with Gasteiger partial charge in [-0.3, -0.25) is 4.79 Å². The standard InChI is InChI=1S/C20H16F3N3O3/c1-28-16-7-5-12(6-8-16)19-24-18(25-29-19)13-9-17(27)26(11-13)15-4-2-3-14(10-15)20(21,22)23/h2-8,10,13H,9,11H2,1H3. The molecule has 0 radical (unpaired) electrons. The molecule has 2 aromatic carbocycles. The molecule has 0 N–H and O–H groups in total. The van der Waals surface area contributed by atoms with Crippen LogP contribution in [0.4, 0.5) is 18.9 Å². The lowest BCUT2D eigenvalue weighted by molar-refractivity contribution is -0.137. The van der Waals surface area contributed by atoms with E-state index in [1.165, 1.54) is 17.0 Å². The largest absolute Gasteiger partial charge is 0.497 e. The van der Waals surface area contributed by atoms with Crippen molar-refractivity contribution in [2.45, 2.75) is 18.5 Å². The number of aromatic nitrogens is 2. The molecule has 150 valence electrons. The number of amides is 1. The van der Waals surface area contributed by atoms with Crippen LogP contribution in [0.3, 0.4) is 0 Å². The Balaban J connectivity index is 1.53. The summed E-state index contributed by atoms with van der Waals surface area (Å²) in [6, 6.07) is 11.8. The van der Waals surface area contributed by atoms with Crippen LogP contribution < -0.4 is 9.64 Å². The Hall–Kier alpha value is -3.36. The minimum absolute atomic E-state index is 0.0951. The lowest BCUT2D eigenvalue weighted by atomic mass is 10.1. The van der Waals surface area contributed by atoms with E-state index in [1.807, 2.05) is 0 Å².